The summed E-state index contributed by atoms with van der Waals surface area (Å²) < 4.78 is 11.4. The maximum absolute atomic E-state index is 12.4. The number of β-lactam (4-membered cyclic amide) rings is 1. The largest absolute Gasteiger partial charge is 0.445 e. The summed E-state index contributed by atoms with van der Waals surface area (Å²) in [5.41, 5.74) is 0. The summed E-state index contributed by atoms with van der Waals surface area (Å²) in [5.74, 6) is 0.162. The van der Waals surface area contributed by atoms with Gasteiger partial charge in [-0.3, -0.25) is 4.79 Å². The lowest BCUT2D eigenvalue weighted by molar-refractivity contribution is -0.161. The Hall–Kier alpha value is -1.14. The van der Waals surface area contributed by atoms with Gasteiger partial charge in [0, 0.05) is 0 Å². The number of imide groups is 1. The molecule has 2 amide bonds. The van der Waals surface area contributed by atoms with Crippen LogP contribution in [0.2, 0.25) is 18.1 Å². The molecule has 124 valence electrons. The highest BCUT2D eigenvalue weighted by Gasteiger charge is 2.59. The molecule has 2 aliphatic rings. The second-order valence-electron chi connectivity index (χ2n) is 6.18. The smallest absolute Gasteiger partial charge is 0.417 e. The van der Waals surface area contributed by atoms with E-state index in [1.54, 1.807) is 0 Å². The Morgan fingerprint density at radius 1 is 1.32 bits per heavy atom. The number of carbonyl (C=O) groups excluding carboxylic acids is 2. The fraction of sp³-hybridized carbons (Fsp3) is 0.750. The Labute approximate surface area is 133 Å². The molecule has 1 aliphatic heterocycles. The zero-order chi connectivity index (χ0) is 16.3. The van der Waals surface area contributed by atoms with E-state index in [4.69, 9.17) is 9.16 Å². The SMILES string of the molecule is C=CCOC(=O)N1C(=O)[C@H](O[Si](CC)(CC)CC)[C@@H]1C1CC1. The average Bonchev–Trinajstić information content (AvgIpc) is 3.36. The third kappa shape index (κ3) is 3.13. The van der Waals surface area contributed by atoms with E-state index in [2.05, 4.69) is 27.4 Å². The fourth-order valence-electron chi connectivity index (χ4n) is 3.18. The normalized spacial score (nSPS) is 24.9. The molecule has 1 saturated heterocycles. The third-order valence-electron chi connectivity index (χ3n) is 5.03. The molecule has 0 bridgehead atoms. The van der Waals surface area contributed by atoms with Gasteiger partial charge in [0.1, 0.15) is 12.7 Å². The van der Waals surface area contributed by atoms with Crippen LogP contribution >= 0.6 is 0 Å². The molecule has 0 aromatic heterocycles. The first-order valence-corrected chi connectivity index (χ1v) is 10.8. The number of amides is 2. The van der Waals surface area contributed by atoms with Crippen molar-refractivity contribution in [1.29, 1.82) is 0 Å². The van der Waals surface area contributed by atoms with E-state index in [1.807, 2.05) is 0 Å². The van der Waals surface area contributed by atoms with Crippen molar-refractivity contribution in [2.24, 2.45) is 5.92 Å². The number of ether oxygens (including phenoxy) is 1. The molecule has 0 unspecified atom stereocenters. The maximum atomic E-state index is 12.4. The van der Waals surface area contributed by atoms with Crippen LogP contribution in [0.1, 0.15) is 33.6 Å². The summed E-state index contributed by atoms with van der Waals surface area (Å²) in [4.78, 5) is 25.7. The van der Waals surface area contributed by atoms with Crippen LogP contribution in [0.4, 0.5) is 4.79 Å². The first-order chi connectivity index (χ1) is 10.5. The number of hydrogen-bond acceptors (Lipinski definition) is 4. The lowest BCUT2D eigenvalue weighted by Crippen LogP contribution is -2.70. The molecule has 2 rings (SSSR count). The minimum Gasteiger partial charge on any atom is -0.445 e. The molecule has 2 fully saturated rings. The highest BCUT2D eigenvalue weighted by Crippen LogP contribution is 2.44. The molecule has 2 atom stereocenters. The predicted octanol–water partition coefficient (Wildman–Crippen LogP) is 3.32. The first-order valence-electron chi connectivity index (χ1n) is 8.32. The average molecular weight is 325 g/mol. The molecule has 22 heavy (non-hydrogen) atoms. The maximum Gasteiger partial charge on any atom is 0.417 e. The van der Waals surface area contributed by atoms with Gasteiger partial charge in [0.2, 0.25) is 0 Å². The quantitative estimate of drug-likeness (QED) is 0.390. The molecule has 0 aromatic carbocycles. The van der Waals surface area contributed by atoms with Crippen LogP contribution in [0.3, 0.4) is 0 Å². The van der Waals surface area contributed by atoms with Crippen LogP contribution in [-0.2, 0) is 14.0 Å². The number of hydrogen-bond donors (Lipinski definition) is 0. The van der Waals surface area contributed by atoms with Crippen LogP contribution in [0, 0.1) is 5.92 Å². The van der Waals surface area contributed by atoms with Crippen LogP contribution in [0.15, 0.2) is 12.7 Å². The molecule has 6 heteroatoms. The molecule has 1 aliphatic carbocycles. The summed E-state index contributed by atoms with van der Waals surface area (Å²) in [5, 5.41) is 0. The van der Waals surface area contributed by atoms with Crippen LogP contribution in [0.5, 0.6) is 0 Å². The minimum atomic E-state index is -1.86. The van der Waals surface area contributed by atoms with Gasteiger partial charge in [-0.05, 0) is 36.9 Å². The summed E-state index contributed by atoms with van der Waals surface area (Å²) in [6, 6.07) is 2.88. The summed E-state index contributed by atoms with van der Waals surface area (Å²) >= 11 is 0. The van der Waals surface area contributed by atoms with Gasteiger partial charge in [0.25, 0.3) is 5.91 Å². The van der Waals surface area contributed by atoms with Gasteiger partial charge in [-0.1, -0.05) is 33.4 Å². The third-order valence-corrected chi connectivity index (χ3v) is 9.65. The number of rotatable bonds is 8. The second kappa shape index (κ2) is 6.96. The topological polar surface area (TPSA) is 55.8 Å². The van der Waals surface area contributed by atoms with Crippen LogP contribution in [-0.4, -0.2) is 44.0 Å². The molecule has 1 heterocycles. The summed E-state index contributed by atoms with van der Waals surface area (Å²) in [6.07, 6.45) is 2.63. The van der Waals surface area contributed by atoms with E-state index in [0.29, 0.717) is 5.92 Å². The molecule has 1 saturated carbocycles. The first kappa shape index (κ1) is 17.2. The van der Waals surface area contributed by atoms with Gasteiger partial charge >= 0.3 is 6.09 Å². The van der Waals surface area contributed by atoms with Gasteiger partial charge in [-0.25, -0.2) is 9.69 Å². The summed E-state index contributed by atoms with van der Waals surface area (Å²) in [7, 11) is -1.86. The molecular weight excluding hydrogens is 298 g/mol. The van der Waals surface area contributed by atoms with Crippen molar-refractivity contribution in [3.05, 3.63) is 12.7 Å². The van der Waals surface area contributed by atoms with Crippen molar-refractivity contribution in [3.8, 4) is 0 Å². The number of likely N-dealkylation sites (tertiary alicyclic amines) is 1. The minimum absolute atomic E-state index is 0.124. The monoisotopic (exact) mass is 325 g/mol. The van der Waals surface area contributed by atoms with Crippen LogP contribution < -0.4 is 0 Å². The van der Waals surface area contributed by atoms with E-state index in [-0.39, 0.29) is 18.6 Å². The van der Waals surface area contributed by atoms with Gasteiger partial charge in [-0.15, -0.1) is 0 Å². The Morgan fingerprint density at radius 2 is 1.91 bits per heavy atom. The lowest BCUT2D eigenvalue weighted by atomic mass is 9.94. The van der Waals surface area contributed by atoms with Crippen molar-refractivity contribution in [2.75, 3.05) is 6.61 Å². The Morgan fingerprint density at radius 3 is 2.36 bits per heavy atom. The lowest BCUT2D eigenvalue weighted by Gasteiger charge is -2.48. The highest BCUT2D eigenvalue weighted by molar-refractivity contribution is 6.73. The van der Waals surface area contributed by atoms with E-state index >= 15 is 0 Å². The van der Waals surface area contributed by atoms with Crippen molar-refractivity contribution >= 4 is 20.3 Å². The molecule has 0 spiro atoms. The van der Waals surface area contributed by atoms with Crippen molar-refractivity contribution < 1.29 is 18.8 Å². The Kier molecular flexibility index (Phi) is 5.44. The summed E-state index contributed by atoms with van der Waals surface area (Å²) in [6.45, 7) is 10.1. The number of carbonyl (C=O) groups is 2. The highest BCUT2D eigenvalue weighted by atomic mass is 28.4. The molecule has 0 N–H and O–H groups in total. The fourth-order valence-corrected chi connectivity index (χ4v) is 5.96. The predicted molar refractivity (Wildman–Crippen MR) is 87.0 cm³/mol. The van der Waals surface area contributed by atoms with Gasteiger partial charge in [0.15, 0.2) is 8.32 Å². The van der Waals surface area contributed by atoms with Gasteiger partial charge < -0.3 is 9.16 Å². The van der Waals surface area contributed by atoms with Crippen molar-refractivity contribution in [2.45, 2.75) is 63.9 Å². The van der Waals surface area contributed by atoms with Gasteiger partial charge in [-0.2, -0.15) is 0 Å². The Balaban J connectivity index is 2.08. The number of nitrogens with zero attached hydrogens (tertiary/aromatic N) is 1. The van der Waals surface area contributed by atoms with Crippen molar-refractivity contribution in [3.63, 3.8) is 0 Å². The zero-order valence-electron chi connectivity index (χ0n) is 13.8. The molecule has 5 nitrogen and oxygen atoms in total. The van der Waals surface area contributed by atoms with E-state index < -0.39 is 20.5 Å². The molecule has 0 aromatic rings. The van der Waals surface area contributed by atoms with Gasteiger partial charge in [0.05, 0.1) is 6.04 Å². The van der Waals surface area contributed by atoms with E-state index in [9.17, 15) is 9.59 Å². The van der Waals surface area contributed by atoms with E-state index in [1.165, 1.54) is 11.0 Å². The van der Waals surface area contributed by atoms with Crippen LogP contribution in [0.25, 0.3) is 0 Å². The van der Waals surface area contributed by atoms with E-state index in [0.717, 1.165) is 31.0 Å². The Bertz CT molecular complexity index is 437. The second-order valence-corrected chi connectivity index (χ2v) is 10.9. The zero-order valence-corrected chi connectivity index (χ0v) is 14.8. The van der Waals surface area contributed by atoms with Crippen molar-refractivity contribution in [1.82, 2.24) is 4.90 Å². The molecule has 0 radical (unpaired) electrons. The molecular formula is C16H27NO4Si. The standard InChI is InChI=1S/C16H27NO4Si/c1-5-11-20-16(19)17-13(12-9-10-12)14(15(17)18)21-22(6-2,7-3)8-4/h5,12-14H,1,6-11H2,2-4H3/t13-,14+/m0/s1.